The largest absolute Gasteiger partial charge is 0.335 e. The highest BCUT2D eigenvalue weighted by atomic mass is 35.5. The number of nitrogens with zero attached hydrogens (tertiary/aromatic N) is 4. The lowest BCUT2D eigenvalue weighted by Crippen LogP contribution is -2.29. The van der Waals surface area contributed by atoms with Crippen molar-refractivity contribution < 1.29 is 8.42 Å². The van der Waals surface area contributed by atoms with Crippen molar-refractivity contribution in [1.82, 2.24) is 19.2 Å². The van der Waals surface area contributed by atoms with Gasteiger partial charge in [-0.25, -0.2) is 13.1 Å². The standard InChI is InChI=1S/C18H19Cl2N5O2S2/c1-12-3-7-15(8-4-12)29(26,27)24(2)10-17-22-23-18(25(17)21)28-11-13-5-6-14(19)9-16(13)20/h3-9H,10-11,21H2,1-2H3. The SMILES string of the molecule is Cc1ccc(S(=O)(=O)N(C)Cc2nnc(SCc3ccc(Cl)cc3Cl)n2N)cc1. The van der Waals surface area contributed by atoms with Crippen LogP contribution in [-0.2, 0) is 22.3 Å². The molecule has 1 heterocycles. The fraction of sp³-hybridized carbons (Fsp3) is 0.222. The Morgan fingerprint density at radius 1 is 1.14 bits per heavy atom. The molecule has 0 bridgehead atoms. The monoisotopic (exact) mass is 471 g/mol. The van der Waals surface area contributed by atoms with Crippen molar-refractivity contribution in [2.75, 3.05) is 12.9 Å². The lowest BCUT2D eigenvalue weighted by atomic mass is 10.2. The molecule has 0 atom stereocenters. The maximum atomic E-state index is 12.7. The Labute approximate surface area is 183 Å². The second-order valence-corrected chi connectivity index (χ2v) is 10.2. The van der Waals surface area contributed by atoms with Gasteiger partial charge >= 0.3 is 0 Å². The second-order valence-electron chi connectivity index (χ2n) is 6.37. The Hall–Kier alpha value is -1.78. The van der Waals surface area contributed by atoms with Gasteiger partial charge in [-0.3, -0.25) is 0 Å². The van der Waals surface area contributed by atoms with Gasteiger partial charge in [-0.2, -0.15) is 4.31 Å². The zero-order chi connectivity index (χ0) is 21.2. The minimum Gasteiger partial charge on any atom is -0.335 e. The van der Waals surface area contributed by atoms with Crippen LogP contribution in [-0.4, -0.2) is 34.6 Å². The quantitative estimate of drug-likeness (QED) is 0.416. The molecule has 1 aromatic heterocycles. The Balaban J connectivity index is 1.71. The smallest absolute Gasteiger partial charge is 0.243 e. The molecular formula is C18H19Cl2N5O2S2. The number of thioether (sulfide) groups is 1. The molecule has 0 radical (unpaired) electrons. The van der Waals surface area contributed by atoms with Gasteiger partial charge < -0.3 is 5.84 Å². The van der Waals surface area contributed by atoms with Crippen LogP contribution in [0, 0.1) is 6.92 Å². The topological polar surface area (TPSA) is 94.1 Å². The van der Waals surface area contributed by atoms with Crippen molar-refractivity contribution in [2.24, 2.45) is 0 Å². The normalized spacial score (nSPS) is 11.9. The molecule has 0 aliphatic rings. The average molecular weight is 472 g/mol. The van der Waals surface area contributed by atoms with E-state index in [-0.39, 0.29) is 11.4 Å². The first-order valence-corrected chi connectivity index (χ1v) is 11.7. The number of rotatable bonds is 7. The summed E-state index contributed by atoms with van der Waals surface area (Å²) in [6.07, 6.45) is 0. The molecule has 2 N–H and O–H groups in total. The molecule has 154 valence electrons. The summed E-state index contributed by atoms with van der Waals surface area (Å²) in [5.41, 5.74) is 1.86. The molecular weight excluding hydrogens is 453 g/mol. The number of aryl methyl sites for hydroxylation is 1. The van der Waals surface area contributed by atoms with Crippen LogP contribution in [0.1, 0.15) is 17.0 Å². The second kappa shape index (κ2) is 8.93. The number of nitrogens with two attached hydrogens (primary N) is 1. The van der Waals surface area contributed by atoms with Crippen molar-refractivity contribution >= 4 is 45.0 Å². The summed E-state index contributed by atoms with van der Waals surface area (Å²) in [4.78, 5) is 0.209. The molecule has 0 aliphatic heterocycles. The zero-order valence-corrected chi connectivity index (χ0v) is 18.9. The summed E-state index contributed by atoms with van der Waals surface area (Å²) >= 11 is 13.4. The first-order valence-electron chi connectivity index (χ1n) is 8.47. The van der Waals surface area contributed by atoms with Crippen LogP contribution < -0.4 is 5.84 Å². The molecule has 7 nitrogen and oxygen atoms in total. The van der Waals surface area contributed by atoms with E-state index in [0.29, 0.717) is 26.8 Å². The first-order chi connectivity index (χ1) is 13.7. The highest BCUT2D eigenvalue weighted by Crippen LogP contribution is 2.28. The van der Waals surface area contributed by atoms with E-state index < -0.39 is 10.0 Å². The molecule has 0 amide bonds. The van der Waals surface area contributed by atoms with Gasteiger partial charge in [-0.15, -0.1) is 10.2 Å². The minimum atomic E-state index is -3.67. The Morgan fingerprint density at radius 3 is 2.48 bits per heavy atom. The Bertz CT molecular complexity index is 1120. The van der Waals surface area contributed by atoms with Gasteiger partial charge in [0.25, 0.3) is 0 Å². The molecule has 0 unspecified atom stereocenters. The van der Waals surface area contributed by atoms with Crippen LogP contribution >= 0.6 is 35.0 Å². The molecule has 3 rings (SSSR count). The van der Waals surface area contributed by atoms with Gasteiger partial charge in [0.05, 0.1) is 11.4 Å². The fourth-order valence-electron chi connectivity index (χ4n) is 2.47. The van der Waals surface area contributed by atoms with Crippen molar-refractivity contribution in [1.29, 1.82) is 0 Å². The third kappa shape index (κ3) is 5.04. The summed E-state index contributed by atoms with van der Waals surface area (Å²) in [7, 11) is -2.19. The molecule has 0 aliphatic carbocycles. The highest BCUT2D eigenvalue weighted by molar-refractivity contribution is 7.98. The highest BCUT2D eigenvalue weighted by Gasteiger charge is 2.23. The van der Waals surface area contributed by atoms with Crippen molar-refractivity contribution in [3.8, 4) is 0 Å². The third-order valence-corrected chi connectivity index (χ3v) is 7.60. The van der Waals surface area contributed by atoms with E-state index >= 15 is 0 Å². The first kappa shape index (κ1) is 21.9. The van der Waals surface area contributed by atoms with E-state index in [2.05, 4.69) is 10.2 Å². The van der Waals surface area contributed by atoms with Gasteiger partial charge in [0.1, 0.15) is 0 Å². The predicted molar refractivity (Wildman–Crippen MR) is 116 cm³/mol. The molecule has 29 heavy (non-hydrogen) atoms. The number of halogens is 2. The molecule has 0 saturated heterocycles. The van der Waals surface area contributed by atoms with Crippen molar-refractivity contribution in [3.63, 3.8) is 0 Å². The van der Waals surface area contributed by atoms with Gasteiger partial charge in [0, 0.05) is 22.8 Å². The zero-order valence-electron chi connectivity index (χ0n) is 15.7. The van der Waals surface area contributed by atoms with Crippen LogP contribution in [0.15, 0.2) is 52.5 Å². The summed E-state index contributed by atoms with van der Waals surface area (Å²) < 4.78 is 28.0. The third-order valence-electron chi connectivity index (χ3n) is 4.20. The summed E-state index contributed by atoms with van der Waals surface area (Å²) in [5, 5.41) is 9.66. The van der Waals surface area contributed by atoms with Crippen molar-refractivity contribution in [2.45, 2.75) is 29.3 Å². The van der Waals surface area contributed by atoms with Crippen LogP contribution in [0.3, 0.4) is 0 Å². The summed E-state index contributed by atoms with van der Waals surface area (Å²) in [6, 6.07) is 11.9. The number of aromatic nitrogens is 3. The van der Waals surface area contributed by atoms with E-state index in [0.717, 1.165) is 11.1 Å². The Kier molecular flexibility index (Phi) is 6.75. The summed E-state index contributed by atoms with van der Waals surface area (Å²) in [5.74, 6) is 6.92. The van der Waals surface area contributed by atoms with Crippen LogP contribution in [0.25, 0.3) is 0 Å². The van der Waals surface area contributed by atoms with Crippen LogP contribution in [0.2, 0.25) is 10.0 Å². The number of nitrogen functional groups attached to an aromatic ring is 1. The van der Waals surface area contributed by atoms with Gasteiger partial charge in [0.15, 0.2) is 5.82 Å². The van der Waals surface area contributed by atoms with Gasteiger partial charge in [0.2, 0.25) is 15.2 Å². The maximum Gasteiger partial charge on any atom is 0.243 e. The van der Waals surface area contributed by atoms with E-state index in [1.54, 1.807) is 36.4 Å². The number of benzene rings is 2. The van der Waals surface area contributed by atoms with E-state index in [1.807, 2.05) is 13.0 Å². The number of sulfonamides is 1. The molecule has 0 spiro atoms. The lowest BCUT2D eigenvalue weighted by Gasteiger charge is -2.16. The van der Waals surface area contributed by atoms with Crippen LogP contribution in [0.4, 0.5) is 0 Å². The fourth-order valence-corrected chi connectivity index (χ4v) is 5.03. The minimum absolute atomic E-state index is 0.0119. The lowest BCUT2D eigenvalue weighted by molar-refractivity contribution is 0.451. The van der Waals surface area contributed by atoms with Gasteiger partial charge in [-0.05, 0) is 36.8 Å². The molecule has 2 aromatic carbocycles. The number of hydrogen-bond acceptors (Lipinski definition) is 6. The van der Waals surface area contributed by atoms with Gasteiger partial charge in [-0.1, -0.05) is 58.7 Å². The van der Waals surface area contributed by atoms with E-state index in [1.165, 1.54) is 27.8 Å². The van der Waals surface area contributed by atoms with Crippen molar-refractivity contribution in [3.05, 3.63) is 69.5 Å². The average Bonchev–Trinajstić information content (AvgIpc) is 3.01. The number of hydrogen-bond donors (Lipinski definition) is 1. The predicted octanol–water partition coefficient (Wildman–Crippen LogP) is 3.72. The Morgan fingerprint density at radius 2 is 1.83 bits per heavy atom. The maximum absolute atomic E-state index is 12.7. The van der Waals surface area contributed by atoms with Crippen LogP contribution in [0.5, 0.6) is 0 Å². The van der Waals surface area contributed by atoms with E-state index in [9.17, 15) is 8.42 Å². The molecule has 0 fully saturated rings. The molecule has 0 saturated carbocycles. The molecule has 3 aromatic rings. The van der Waals surface area contributed by atoms with E-state index in [4.69, 9.17) is 29.0 Å². The summed E-state index contributed by atoms with van der Waals surface area (Å²) in [6.45, 7) is 1.88. The molecule has 11 heteroatoms.